The summed E-state index contributed by atoms with van der Waals surface area (Å²) in [6, 6.07) is 6.72. The van der Waals surface area contributed by atoms with E-state index >= 15 is 0 Å². The fourth-order valence-electron chi connectivity index (χ4n) is 1.20. The summed E-state index contributed by atoms with van der Waals surface area (Å²) in [6.45, 7) is 1.79. The van der Waals surface area contributed by atoms with E-state index < -0.39 is 10.0 Å². The van der Waals surface area contributed by atoms with Gasteiger partial charge in [-0.15, -0.1) is 0 Å². The Morgan fingerprint density at radius 3 is 2.47 bits per heavy atom. The number of phenols is 1. The Kier molecular flexibility index (Phi) is 3.71. The average molecular weight is 229 g/mol. The molecule has 0 unspecified atom stereocenters. The van der Waals surface area contributed by atoms with Gasteiger partial charge in [-0.25, -0.2) is 12.7 Å². The van der Waals surface area contributed by atoms with Crippen LogP contribution in [0, 0.1) is 0 Å². The van der Waals surface area contributed by atoms with Crippen molar-refractivity contribution in [2.75, 3.05) is 12.8 Å². The van der Waals surface area contributed by atoms with Gasteiger partial charge in [0.25, 0.3) is 0 Å². The molecular formula is C10H15NO3S. The topological polar surface area (TPSA) is 57.6 Å². The van der Waals surface area contributed by atoms with Crippen LogP contribution in [-0.4, -0.2) is 30.6 Å². The SMILES string of the molecule is CCS(=O)(=O)N(C)Cc1ccccc1O. The molecule has 1 rings (SSSR count). The number of hydrogen-bond acceptors (Lipinski definition) is 3. The lowest BCUT2D eigenvalue weighted by Gasteiger charge is -2.16. The first-order valence-electron chi connectivity index (χ1n) is 4.68. The van der Waals surface area contributed by atoms with E-state index in [4.69, 9.17) is 0 Å². The largest absolute Gasteiger partial charge is 0.508 e. The lowest BCUT2D eigenvalue weighted by atomic mass is 10.2. The molecule has 0 aliphatic carbocycles. The van der Waals surface area contributed by atoms with E-state index in [9.17, 15) is 13.5 Å². The molecule has 4 nitrogen and oxygen atoms in total. The second-order valence-electron chi connectivity index (χ2n) is 3.29. The van der Waals surface area contributed by atoms with Crippen molar-refractivity contribution < 1.29 is 13.5 Å². The maximum absolute atomic E-state index is 11.5. The van der Waals surface area contributed by atoms with E-state index in [0.717, 1.165) is 0 Å². The number of rotatable bonds is 4. The van der Waals surface area contributed by atoms with E-state index in [1.165, 1.54) is 11.4 Å². The van der Waals surface area contributed by atoms with Gasteiger partial charge in [-0.1, -0.05) is 18.2 Å². The monoisotopic (exact) mass is 229 g/mol. The Hall–Kier alpha value is -1.07. The zero-order valence-electron chi connectivity index (χ0n) is 8.84. The van der Waals surface area contributed by atoms with Gasteiger partial charge in [0.15, 0.2) is 0 Å². The number of sulfonamides is 1. The van der Waals surface area contributed by atoms with E-state index in [0.29, 0.717) is 5.56 Å². The normalized spacial score (nSPS) is 11.9. The molecule has 1 N–H and O–H groups in total. The van der Waals surface area contributed by atoms with Gasteiger partial charge in [0, 0.05) is 19.2 Å². The smallest absolute Gasteiger partial charge is 0.213 e. The van der Waals surface area contributed by atoms with Crippen LogP contribution in [0.1, 0.15) is 12.5 Å². The number of nitrogens with zero attached hydrogens (tertiary/aromatic N) is 1. The molecule has 0 atom stereocenters. The van der Waals surface area contributed by atoms with Crippen LogP contribution in [0.25, 0.3) is 0 Å². The van der Waals surface area contributed by atoms with Crippen molar-refractivity contribution in [3.63, 3.8) is 0 Å². The molecule has 0 spiro atoms. The van der Waals surface area contributed by atoms with E-state index in [2.05, 4.69) is 0 Å². The van der Waals surface area contributed by atoms with Gasteiger partial charge >= 0.3 is 0 Å². The summed E-state index contributed by atoms with van der Waals surface area (Å²) in [7, 11) is -1.69. The summed E-state index contributed by atoms with van der Waals surface area (Å²) in [6.07, 6.45) is 0. The lowest BCUT2D eigenvalue weighted by molar-refractivity contribution is 0.436. The summed E-state index contributed by atoms with van der Waals surface area (Å²) in [5.41, 5.74) is 0.608. The highest BCUT2D eigenvalue weighted by molar-refractivity contribution is 7.89. The van der Waals surface area contributed by atoms with Crippen molar-refractivity contribution in [2.45, 2.75) is 13.5 Å². The van der Waals surface area contributed by atoms with Crippen molar-refractivity contribution in [2.24, 2.45) is 0 Å². The third kappa shape index (κ3) is 2.94. The minimum absolute atomic E-state index is 0.0666. The van der Waals surface area contributed by atoms with Gasteiger partial charge in [0.1, 0.15) is 5.75 Å². The quantitative estimate of drug-likeness (QED) is 0.843. The Morgan fingerprint density at radius 2 is 1.93 bits per heavy atom. The van der Waals surface area contributed by atoms with Crippen LogP contribution in [0.2, 0.25) is 0 Å². The zero-order valence-corrected chi connectivity index (χ0v) is 9.66. The average Bonchev–Trinajstić information content (AvgIpc) is 2.21. The third-order valence-electron chi connectivity index (χ3n) is 2.22. The first-order valence-corrected chi connectivity index (χ1v) is 6.29. The van der Waals surface area contributed by atoms with Crippen LogP contribution >= 0.6 is 0 Å². The molecular weight excluding hydrogens is 214 g/mol. The number of hydrogen-bond donors (Lipinski definition) is 1. The molecule has 0 fully saturated rings. The Bertz CT molecular complexity index is 428. The molecule has 0 radical (unpaired) electrons. The molecule has 1 aromatic carbocycles. The molecule has 0 aliphatic rings. The molecule has 0 amide bonds. The molecule has 0 aliphatic heterocycles. The molecule has 15 heavy (non-hydrogen) atoms. The molecule has 84 valence electrons. The van der Waals surface area contributed by atoms with Crippen molar-refractivity contribution in [1.29, 1.82) is 0 Å². The van der Waals surface area contributed by atoms with E-state index in [1.807, 2.05) is 0 Å². The van der Waals surface area contributed by atoms with Crippen LogP contribution in [0.15, 0.2) is 24.3 Å². The van der Waals surface area contributed by atoms with Crippen LogP contribution in [0.4, 0.5) is 0 Å². The number of phenolic OH excluding ortho intramolecular Hbond substituents is 1. The van der Waals surface area contributed by atoms with Crippen LogP contribution in [0.3, 0.4) is 0 Å². The second-order valence-corrected chi connectivity index (χ2v) is 5.65. The predicted octanol–water partition coefficient (Wildman–Crippen LogP) is 1.17. The van der Waals surface area contributed by atoms with Gasteiger partial charge in [-0.2, -0.15) is 0 Å². The fourth-order valence-corrected chi connectivity index (χ4v) is 1.98. The Labute approximate surface area is 90.2 Å². The number of aromatic hydroxyl groups is 1. The molecule has 0 aromatic heterocycles. The van der Waals surface area contributed by atoms with Crippen molar-refractivity contribution in [1.82, 2.24) is 4.31 Å². The molecule has 1 aromatic rings. The van der Waals surface area contributed by atoms with E-state index in [-0.39, 0.29) is 18.0 Å². The minimum Gasteiger partial charge on any atom is -0.508 e. The predicted molar refractivity (Wildman–Crippen MR) is 59.0 cm³/mol. The Morgan fingerprint density at radius 1 is 1.33 bits per heavy atom. The zero-order chi connectivity index (χ0) is 11.5. The summed E-state index contributed by atoms with van der Waals surface area (Å²) in [4.78, 5) is 0. The highest BCUT2D eigenvalue weighted by atomic mass is 32.2. The highest BCUT2D eigenvalue weighted by Gasteiger charge is 2.16. The minimum atomic E-state index is -3.19. The molecule has 0 heterocycles. The van der Waals surface area contributed by atoms with Crippen molar-refractivity contribution >= 4 is 10.0 Å². The lowest BCUT2D eigenvalue weighted by Crippen LogP contribution is -2.27. The van der Waals surface area contributed by atoms with Gasteiger partial charge in [-0.05, 0) is 13.0 Å². The van der Waals surface area contributed by atoms with Crippen LogP contribution < -0.4 is 0 Å². The fraction of sp³-hybridized carbons (Fsp3) is 0.400. The maximum Gasteiger partial charge on any atom is 0.213 e. The van der Waals surface area contributed by atoms with Gasteiger partial charge in [-0.3, -0.25) is 0 Å². The summed E-state index contributed by atoms with van der Waals surface area (Å²) >= 11 is 0. The summed E-state index contributed by atoms with van der Waals surface area (Å²) in [5, 5.41) is 9.48. The first kappa shape index (κ1) is 12.0. The second kappa shape index (κ2) is 4.63. The number of benzene rings is 1. The maximum atomic E-state index is 11.5. The van der Waals surface area contributed by atoms with Crippen LogP contribution in [-0.2, 0) is 16.6 Å². The van der Waals surface area contributed by atoms with Gasteiger partial charge < -0.3 is 5.11 Å². The third-order valence-corrected chi connectivity index (χ3v) is 4.03. The highest BCUT2D eigenvalue weighted by Crippen LogP contribution is 2.18. The molecule has 5 heteroatoms. The van der Waals surface area contributed by atoms with Gasteiger partial charge in [0.05, 0.1) is 5.75 Å². The molecule has 0 saturated carbocycles. The van der Waals surface area contributed by atoms with Gasteiger partial charge in [0.2, 0.25) is 10.0 Å². The Balaban J connectivity index is 2.84. The standard InChI is InChI=1S/C10H15NO3S/c1-3-15(13,14)11(2)8-9-6-4-5-7-10(9)12/h4-7,12H,3,8H2,1-2H3. The first-order chi connectivity index (χ1) is 6.97. The summed E-state index contributed by atoms with van der Waals surface area (Å²) < 4.78 is 24.2. The van der Waals surface area contributed by atoms with Crippen molar-refractivity contribution in [3.8, 4) is 5.75 Å². The van der Waals surface area contributed by atoms with E-state index in [1.54, 1.807) is 31.2 Å². The number of para-hydroxylation sites is 1. The molecule has 0 bridgehead atoms. The summed E-state index contributed by atoms with van der Waals surface area (Å²) in [5.74, 6) is 0.188. The molecule has 0 saturated heterocycles. The van der Waals surface area contributed by atoms with Crippen molar-refractivity contribution in [3.05, 3.63) is 29.8 Å². The van der Waals surface area contributed by atoms with Crippen LogP contribution in [0.5, 0.6) is 5.75 Å².